The highest BCUT2D eigenvalue weighted by molar-refractivity contribution is 7.25. The Morgan fingerprint density at radius 1 is 0.377 bits per heavy atom. The molecule has 0 saturated heterocycles. The Kier molecular flexibility index (Phi) is 6.66. The van der Waals surface area contributed by atoms with Gasteiger partial charge in [-0.3, -0.25) is 0 Å². The maximum atomic E-state index is 2.56. The van der Waals surface area contributed by atoms with Gasteiger partial charge in [-0.25, -0.2) is 0 Å². The molecule has 13 aromatic rings. The molecule has 0 aliphatic carbocycles. The van der Waals surface area contributed by atoms with Crippen LogP contribution < -0.4 is 10.4 Å². The first-order valence-electron chi connectivity index (χ1n) is 21.3. The predicted molar refractivity (Wildman–Crippen MR) is 268 cm³/mol. The van der Waals surface area contributed by atoms with Gasteiger partial charge in [-0.05, 0) is 130 Å². The minimum absolute atomic E-state index is 1.23. The zero-order valence-electron chi connectivity index (χ0n) is 33.8. The van der Waals surface area contributed by atoms with E-state index in [1.807, 2.05) is 11.3 Å². The minimum atomic E-state index is -2.05. The van der Waals surface area contributed by atoms with Gasteiger partial charge in [0.15, 0.2) is 0 Å². The van der Waals surface area contributed by atoms with Crippen molar-refractivity contribution >= 4 is 115 Å². The third-order valence-electron chi connectivity index (χ3n) is 14.1. The molecule has 3 heterocycles. The van der Waals surface area contributed by atoms with E-state index in [4.69, 9.17) is 0 Å². The molecule has 0 unspecified atom stereocenters. The van der Waals surface area contributed by atoms with Crippen LogP contribution in [0.2, 0.25) is 13.1 Å². The molecule has 0 atom stereocenters. The molecule has 1 aliphatic rings. The molecule has 0 saturated carbocycles. The predicted octanol–water partition coefficient (Wildman–Crippen LogP) is 15.3. The SMILES string of the molecule is C[Si]1(C)c2ccc(-c3cccc4ccccc34)cc2-c2c1cc1ccc3cccc4c(-n5c6ccccc6c6cc(-c7ccc8sc9ccccc9c8c7)ccc65)cc2c1c34. The molecule has 0 amide bonds. The maximum Gasteiger partial charge on any atom is 0.113 e. The van der Waals surface area contributed by atoms with Gasteiger partial charge in [0, 0.05) is 36.3 Å². The van der Waals surface area contributed by atoms with E-state index in [-0.39, 0.29) is 0 Å². The Morgan fingerprint density at radius 2 is 1.03 bits per heavy atom. The molecule has 1 aliphatic heterocycles. The van der Waals surface area contributed by atoms with Gasteiger partial charge < -0.3 is 4.57 Å². The van der Waals surface area contributed by atoms with Crippen LogP contribution >= 0.6 is 11.3 Å². The van der Waals surface area contributed by atoms with Crippen LogP contribution in [-0.2, 0) is 0 Å². The van der Waals surface area contributed by atoms with E-state index in [0.717, 1.165) is 0 Å². The van der Waals surface area contributed by atoms with Crippen molar-refractivity contribution in [2.45, 2.75) is 13.1 Å². The molecule has 0 radical (unpaired) electrons. The normalized spacial score (nSPS) is 13.5. The highest BCUT2D eigenvalue weighted by Crippen LogP contribution is 2.47. The van der Waals surface area contributed by atoms with E-state index in [9.17, 15) is 0 Å². The Hall–Kier alpha value is -7.04. The second-order valence-electron chi connectivity index (χ2n) is 17.6. The van der Waals surface area contributed by atoms with Crippen LogP contribution in [0.4, 0.5) is 0 Å². The van der Waals surface area contributed by atoms with Gasteiger partial charge in [-0.1, -0.05) is 153 Å². The lowest BCUT2D eigenvalue weighted by Crippen LogP contribution is -2.49. The third kappa shape index (κ3) is 4.54. The first-order valence-corrected chi connectivity index (χ1v) is 25.1. The van der Waals surface area contributed by atoms with Crippen molar-refractivity contribution in [2.24, 2.45) is 0 Å². The molecule has 0 fully saturated rings. The number of thiophene rings is 1. The molecule has 284 valence electrons. The molecular weight excluding hydrogens is 771 g/mol. The second-order valence-corrected chi connectivity index (χ2v) is 23.0. The number of nitrogens with zero attached hydrogens (tertiary/aromatic N) is 1. The maximum absolute atomic E-state index is 2.56. The van der Waals surface area contributed by atoms with Crippen LogP contribution in [0.15, 0.2) is 188 Å². The number of rotatable bonds is 3. The van der Waals surface area contributed by atoms with Gasteiger partial charge in [0.2, 0.25) is 0 Å². The topological polar surface area (TPSA) is 4.93 Å². The summed E-state index contributed by atoms with van der Waals surface area (Å²) in [7, 11) is -2.05. The Labute approximate surface area is 357 Å². The van der Waals surface area contributed by atoms with E-state index < -0.39 is 8.07 Å². The van der Waals surface area contributed by atoms with Crippen LogP contribution in [0.25, 0.3) is 124 Å². The molecule has 11 aromatic carbocycles. The number of hydrogen-bond donors (Lipinski definition) is 0. The van der Waals surface area contributed by atoms with Crippen LogP contribution in [0.1, 0.15) is 0 Å². The Morgan fingerprint density at radius 3 is 1.95 bits per heavy atom. The van der Waals surface area contributed by atoms with Crippen molar-refractivity contribution < 1.29 is 0 Å². The lowest BCUT2D eigenvalue weighted by molar-refractivity contribution is 1.20. The lowest BCUT2D eigenvalue weighted by atomic mass is 9.88. The number of hydrogen-bond acceptors (Lipinski definition) is 1. The molecule has 61 heavy (non-hydrogen) atoms. The molecule has 2 aromatic heterocycles. The minimum Gasteiger partial charge on any atom is -0.309 e. The monoisotopic (exact) mass is 807 g/mol. The van der Waals surface area contributed by atoms with Gasteiger partial charge >= 0.3 is 0 Å². The Bertz CT molecular complexity index is 4030. The number of benzene rings is 11. The standard InChI is InChI=1S/C58H37NSSi/c1-61(2)54-28-25-38(41-17-9-12-34-11-3-4-14-40(34)41)31-47(54)58-48-33-51(44-18-10-13-35-21-22-39(32-55(58)61)57(48)56(35)44)59-49-19-7-5-15-42(49)45-29-36(23-26-50(45)59)37-24-27-53-46(30-37)43-16-6-8-20-52(43)60-53/h3-33H,1-2H3. The highest BCUT2D eigenvalue weighted by atomic mass is 32.1. The molecule has 3 heteroatoms. The summed E-state index contributed by atoms with van der Waals surface area (Å²) in [5.41, 5.74) is 11.6. The van der Waals surface area contributed by atoms with Crippen LogP contribution in [0.3, 0.4) is 0 Å². The van der Waals surface area contributed by atoms with Crippen molar-refractivity contribution in [3.63, 3.8) is 0 Å². The summed E-state index contributed by atoms with van der Waals surface area (Å²) in [5, 5.41) is 18.9. The average Bonchev–Trinajstić information content (AvgIpc) is 3.92. The number of aromatic nitrogens is 1. The van der Waals surface area contributed by atoms with E-state index >= 15 is 0 Å². The third-order valence-corrected chi connectivity index (χ3v) is 18.8. The van der Waals surface area contributed by atoms with Gasteiger partial charge in [0.05, 0.1) is 16.7 Å². The summed E-state index contributed by atoms with van der Waals surface area (Å²) in [4.78, 5) is 0. The fourth-order valence-corrected chi connectivity index (χ4v) is 15.4. The van der Waals surface area contributed by atoms with Gasteiger partial charge in [-0.15, -0.1) is 11.3 Å². The van der Waals surface area contributed by atoms with Crippen molar-refractivity contribution in [3.8, 4) is 39.1 Å². The smallest absolute Gasteiger partial charge is 0.113 e. The summed E-state index contributed by atoms with van der Waals surface area (Å²) in [6.45, 7) is 5.10. The number of para-hydroxylation sites is 1. The molecule has 14 rings (SSSR count). The fourth-order valence-electron chi connectivity index (χ4n) is 11.2. The largest absolute Gasteiger partial charge is 0.309 e. The fraction of sp³-hybridized carbons (Fsp3) is 0.0345. The summed E-state index contributed by atoms with van der Waals surface area (Å²) in [6.07, 6.45) is 0. The van der Waals surface area contributed by atoms with E-state index in [2.05, 4.69) is 206 Å². The molecular formula is C58H37NSSi. The first-order chi connectivity index (χ1) is 30.0. The zero-order chi connectivity index (χ0) is 40.1. The van der Waals surface area contributed by atoms with E-state index in [0.29, 0.717) is 0 Å². The molecule has 1 nitrogen and oxygen atoms in total. The molecule has 0 spiro atoms. The van der Waals surface area contributed by atoms with Crippen LogP contribution in [0.5, 0.6) is 0 Å². The average molecular weight is 808 g/mol. The summed E-state index contributed by atoms with van der Waals surface area (Å²) in [6, 6.07) is 71.6. The van der Waals surface area contributed by atoms with Crippen LogP contribution in [0, 0.1) is 0 Å². The van der Waals surface area contributed by atoms with E-state index in [1.165, 1.54) is 135 Å². The van der Waals surface area contributed by atoms with Gasteiger partial charge in [0.1, 0.15) is 8.07 Å². The number of fused-ring (bicyclic) bond motifs is 11. The van der Waals surface area contributed by atoms with Crippen molar-refractivity contribution in [2.75, 3.05) is 0 Å². The molecule has 0 bridgehead atoms. The van der Waals surface area contributed by atoms with Gasteiger partial charge in [0.25, 0.3) is 0 Å². The summed E-state index contributed by atoms with van der Waals surface area (Å²) < 4.78 is 5.23. The lowest BCUT2D eigenvalue weighted by Gasteiger charge is -2.22. The quantitative estimate of drug-likeness (QED) is 0.124. The second kappa shape index (κ2) is 12.0. The van der Waals surface area contributed by atoms with Crippen molar-refractivity contribution in [3.05, 3.63) is 188 Å². The first kappa shape index (κ1) is 33.8. The summed E-state index contributed by atoms with van der Waals surface area (Å²) >= 11 is 1.88. The molecule has 0 N–H and O–H groups in total. The summed E-state index contributed by atoms with van der Waals surface area (Å²) in [5.74, 6) is 0. The van der Waals surface area contributed by atoms with E-state index in [1.54, 1.807) is 0 Å². The Balaban J connectivity index is 1.05. The van der Waals surface area contributed by atoms with Crippen LogP contribution in [-0.4, -0.2) is 12.6 Å². The zero-order valence-corrected chi connectivity index (χ0v) is 35.6. The van der Waals surface area contributed by atoms with Crippen molar-refractivity contribution in [1.82, 2.24) is 4.57 Å². The van der Waals surface area contributed by atoms with Gasteiger partial charge in [-0.2, -0.15) is 0 Å². The highest BCUT2D eigenvalue weighted by Gasteiger charge is 2.39. The van der Waals surface area contributed by atoms with Crippen molar-refractivity contribution in [1.29, 1.82) is 0 Å².